The minimum atomic E-state index is -0.466. The molecule has 2 atom stereocenters. The number of fused-ring (bicyclic) bond motifs is 3. The first-order valence-corrected chi connectivity index (χ1v) is 9.28. The number of nitrogens with one attached hydrogen (secondary N) is 2. The third kappa shape index (κ3) is 2.68. The van der Waals surface area contributed by atoms with E-state index in [9.17, 15) is 4.79 Å². The molecule has 27 heavy (non-hydrogen) atoms. The molecule has 3 aromatic rings. The Morgan fingerprint density at radius 2 is 1.93 bits per heavy atom. The van der Waals surface area contributed by atoms with E-state index in [-0.39, 0.29) is 6.04 Å². The molecular weight excluding hydrogens is 342 g/mol. The number of anilines is 2. The summed E-state index contributed by atoms with van der Waals surface area (Å²) < 4.78 is 0. The number of hydrogen-bond donors (Lipinski definition) is 3. The molecule has 5 rings (SSSR count). The first kappa shape index (κ1) is 16.0. The van der Waals surface area contributed by atoms with E-state index >= 15 is 0 Å². The number of nitrogens with zero attached hydrogens (tertiary/aromatic N) is 4. The second-order valence-electron chi connectivity index (χ2n) is 7.30. The van der Waals surface area contributed by atoms with Gasteiger partial charge in [-0.2, -0.15) is 0 Å². The molecule has 2 aliphatic rings. The van der Waals surface area contributed by atoms with Gasteiger partial charge in [0.25, 0.3) is 5.91 Å². The van der Waals surface area contributed by atoms with Crippen molar-refractivity contribution >= 4 is 28.6 Å². The molecular formula is C19H21N7O. The monoisotopic (exact) mass is 363 g/mol. The van der Waals surface area contributed by atoms with E-state index in [0.29, 0.717) is 17.6 Å². The number of piperidine rings is 1. The van der Waals surface area contributed by atoms with E-state index in [0.717, 1.165) is 48.4 Å². The Morgan fingerprint density at radius 1 is 1.19 bits per heavy atom. The van der Waals surface area contributed by atoms with Crippen molar-refractivity contribution in [3.63, 3.8) is 0 Å². The lowest BCUT2D eigenvalue weighted by molar-refractivity contribution is 0.100. The van der Waals surface area contributed by atoms with Gasteiger partial charge in [-0.15, -0.1) is 0 Å². The van der Waals surface area contributed by atoms with Crippen LogP contribution >= 0.6 is 0 Å². The standard InChI is InChI=1S/C19H21N7O/c20-17(27)15-10-24-18-14(4-7-21-18)16(15)25-11-8-12-2-3-13(9-11)26(12)19-22-5-1-6-23-19/h1,4-7,10-13H,2-3,8-9H2,(H2,20,27)(H2,21,24,25)/t12-,13-/m0/s1. The van der Waals surface area contributed by atoms with Crippen LogP contribution in [0.15, 0.2) is 36.9 Å². The first-order chi connectivity index (χ1) is 13.2. The number of H-pyrrole nitrogens is 1. The fraction of sp³-hybridized carbons (Fsp3) is 0.368. The average Bonchev–Trinajstić information content (AvgIpc) is 3.25. The molecule has 1 amide bonds. The van der Waals surface area contributed by atoms with E-state index in [2.05, 4.69) is 30.2 Å². The number of amides is 1. The highest BCUT2D eigenvalue weighted by atomic mass is 16.1. The van der Waals surface area contributed by atoms with Crippen LogP contribution in [0.5, 0.6) is 0 Å². The molecule has 0 radical (unpaired) electrons. The van der Waals surface area contributed by atoms with Gasteiger partial charge >= 0.3 is 0 Å². The second kappa shape index (κ2) is 6.22. The fourth-order valence-corrected chi connectivity index (χ4v) is 4.60. The van der Waals surface area contributed by atoms with E-state index in [4.69, 9.17) is 5.73 Å². The molecule has 0 saturated carbocycles. The summed E-state index contributed by atoms with van der Waals surface area (Å²) >= 11 is 0. The van der Waals surface area contributed by atoms with Crippen LogP contribution in [-0.2, 0) is 0 Å². The fourth-order valence-electron chi connectivity index (χ4n) is 4.60. The molecule has 8 heteroatoms. The number of hydrogen-bond acceptors (Lipinski definition) is 6. The summed E-state index contributed by atoms with van der Waals surface area (Å²) in [5.74, 6) is 0.351. The number of nitrogens with two attached hydrogens (primary N) is 1. The molecule has 0 spiro atoms. The molecule has 4 N–H and O–H groups in total. The molecule has 2 bridgehead atoms. The average molecular weight is 363 g/mol. The van der Waals surface area contributed by atoms with Gasteiger partial charge in [-0.25, -0.2) is 15.0 Å². The van der Waals surface area contributed by atoms with Crippen LogP contribution in [0, 0.1) is 0 Å². The lowest BCUT2D eigenvalue weighted by Gasteiger charge is -2.39. The van der Waals surface area contributed by atoms with Crippen molar-refractivity contribution in [1.82, 2.24) is 19.9 Å². The highest BCUT2D eigenvalue weighted by Gasteiger charge is 2.42. The van der Waals surface area contributed by atoms with Gasteiger partial charge in [-0.05, 0) is 37.8 Å². The Hall–Kier alpha value is -3.16. The van der Waals surface area contributed by atoms with Gasteiger partial charge in [0.2, 0.25) is 5.95 Å². The smallest absolute Gasteiger partial charge is 0.252 e. The summed E-state index contributed by atoms with van der Waals surface area (Å²) in [6.45, 7) is 0. The van der Waals surface area contributed by atoms with Gasteiger partial charge in [0.15, 0.2) is 0 Å². The minimum Gasteiger partial charge on any atom is -0.381 e. The lowest BCUT2D eigenvalue weighted by Crippen LogP contribution is -2.47. The number of primary amides is 1. The third-order valence-electron chi connectivity index (χ3n) is 5.72. The summed E-state index contributed by atoms with van der Waals surface area (Å²) in [6.07, 6.45) is 11.2. The zero-order chi connectivity index (χ0) is 18.4. The largest absolute Gasteiger partial charge is 0.381 e. The molecule has 2 fully saturated rings. The van der Waals surface area contributed by atoms with Crippen LogP contribution in [0.2, 0.25) is 0 Å². The Kier molecular flexibility index (Phi) is 3.70. The molecule has 2 aliphatic heterocycles. The quantitative estimate of drug-likeness (QED) is 0.654. The number of rotatable bonds is 4. The maximum Gasteiger partial charge on any atom is 0.252 e. The maximum atomic E-state index is 11.9. The molecule has 138 valence electrons. The van der Waals surface area contributed by atoms with E-state index in [1.807, 2.05) is 18.3 Å². The Labute approximate surface area is 156 Å². The number of pyridine rings is 1. The van der Waals surface area contributed by atoms with Crippen LogP contribution in [-0.4, -0.2) is 44.0 Å². The Balaban J connectivity index is 1.43. The molecule has 0 unspecified atom stereocenters. The molecule has 0 aliphatic carbocycles. The van der Waals surface area contributed by atoms with E-state index in [1.54, 1.807) is 18.6 Å². The van der Waals surface area contributed by atoms with Gasteiger partial charge in [0.05, 0.1) is 11.3 Å². The van der Waals surface area contributed by atoms with Crippen molar-refractivity contribution in [2.75, 3.05) is 10.2 Å². The second-order valence-corrected chi connectivity index (χ2v) is 7.30. The van der Waals surface area contributed by atoms with Crippen molar-refractivity contribution in [3.8, 4) is 0 Å². The lowest BCUT2D eigenvalue weighted by atomic mass is 9.96. The summed E-state index contributed by atoms with van der Waals surface area (Å²) in [5, 5.41) is 4.50. The first-order valence-electron chi connectivity index (χ1n) is 9.28. The molecule has 3 aromatic heterocycles. The van der Waals surface area contributed by atoms with Crippen LogP contribution < -0.4 is 16.0 Å². The maximum absolute atomic E-state index is 11.9. The van der Waals surface area contributed by atoms with Crippen molar-refractivity contribution in [3.05, 3.63) is 42.5 Å². The van der Waals surface area contributed by atoms with Crippen molar-refractivity contribution in [2.24, 2.45) is 5.73 Å². The molecule has 5 heterocycles. The highest BCUT2D eigenvalue weighted by molar-refractivity contribution is 6.05. The normalized spacial score (nSPS) is 24.3. The number of aromatic nitrogens is 4. The SMILES string of the molecule is NC(=O)c1cnc2[nH]ccc2c1NC1C[C@@H]2CC[C@@H](C1)N2c1ncccn1. The zero-order valence-electron chi connectivity index (χ0n) is 14.8. The predicted molar refractivity (Wildman–Crippen MR) is 103 cm³/mol. The number of carbonyl (C=O) groups excluding carboxylic acids is 1. The van der Waals surface area contributed by atoms with Crippen LogP contribution in [0.4, 0.5) is 11.6 Å². The molecule has 8 nitrogen and oxygen atoms in total. The Bertz CT molecular complexity index is 972. The van der Waals surface area contributed by atoms with Gasteiger partial charge < -0.3 is 20.9 Å². The summed E-state index contributed by atoms with van der Waals surface area (Å²) in [7, 11) is 0. The van der Waals surface area contributed by atoms with Crippen LogP contribution in [0.1, 0.15) is 36.0 Å². The topological polar surface area (TPSA) is 113 Å². The molecule has 2 saturated heterocycles. The zero-order valence-corrected chi connectivity index (χ0v) is 14.8. The van der Waals surface area contributed by atoms with Gasteiger partial charge in [0.1, 0.15) is 5.65 Å². The third-order valence-corrected chi connectivity index (χ3v) is 5.72. The highest BCUT2D eigenvalue weighted by Crippen LogP contribution is 2.39. The van der Waals surface area contributed by atoms with Gasteiger partial charge in [0, 0.05) is 48.3 Å². The molecule has 0 aromatic carbocycles. The summed E-state index contributed by atoms with van der Waals surface area (Å²) in [5.41, 5.74) is 7.55. The number of carbonyl (C=O) groups is 1. The van der Waals surface area contributed by atoms with Crippen molar-refractivity contribution < 1.29 is 4.79 Å². The van der Waals surface area contributed by atoms with Crippen LogP contribution in [0.25, 0.3) is 11.0 Å². The van der Waals surface area contributed by atoms with Crippen molar-refractivity contribution in [1.29, 1.82) is 0 Å². The van der Waals surface area contributed by atoms with Crippen molar-refractivity contribution in [2.45, 2.75) is 43.8 Å². The minimum absolute atomic E-state index is 0.265. The van der Waals surface area contributed by atoms with Gasteiger partial charge in [-0.1, -0.05) is 0 Å². The Morgan fingerprint density at radius 3 is 2.63 bits per heavy atom. The summed E-state index contributed by atoms with van der Waals surface area (Å²) in [6, 6.07) is 4.85. The van der Waals surface area contributed by atoms with Gasteiger partial charge in [-0.3, -0.25) is 4.79 Å². The van der Waals surface area contributed by atoms with E-state index < -0.39 is 5.91 Å². The number of aromatic amines is 1. The van der Waals surface area contributed by atoms with E-state index in [1.165, 1.54) is 0 Å². The predicted octanol–water partition coefficient (Wildman–Crippen LogP) is 2.06. The van der Waals surface area contributed by atoms with Crippen LogP contribution in [0.3, 0.4) is 0 Å². The summed E-state index contributed by atoms with van der Waals surface area (Å²) in [4.78, 5) is 30.6.